The highest BCUT2D eigenvalue weighted by Crippen LogP contribution is 2.15. The third kappa shape index (κ3) is 3.67. The molecule has 0 bridgehead atoms. The lowest BCUT2D eigenvalue weighted by atomic mass is 10.1. The van der Waals surface area contributed by atoms with E-state index in [-0.39, 0.29) is 5.69 Å². The van der Waals surface area contributed by atoms with Gasteiger partial charge in [-0.1, -0.05) is 35.9 Å². The SMILES string of the molecule is CC(=NNC(=O)c1ccccc1Cl)c1cccc([N+](=O)[O-])c1. The minimum Gasteiger partial charge on any atom is -0.267 e. The number of nitrogens with zero attached hydrogens (tertiary/aromatic N) is 2. The van der Waals surface area contributed by atoms with E-state index in [0.29, 0.717) is 21.9 Å². The van der Waals surface area contributed by atoms with Gasteiger partial charge < -0.3 is 0 Å². The van der Waals surface area contributed by atoms with Crippen molar-refractivity contribution in [2.45, 2.75) is 6.92 Å². The molecule has 0 fully saturated rings. The van der Waals surface area contributed by atoms with Crippen LogP contribution in [0.5, 0.6) is 0 Å². The highest BCUT2D eigenvalue weighted by atomic mass is 35.5. The molecule has 2 rings (SSSR count). The highest BCUT2D eigenvalue weighted by molar-refractivity contribution is 6.33. The monoisotopic (exact) mass is 317 g/mol. The predicted octanol–water partition coefficient (Wildman–Crippen LogP) is 3.40. The first-order valence-electron chi connectivity index (χ1n) is 6.33. The Morgan fingerprint density at radius 2 is 1.95 bits per heavy atom. The van der Waals surface area contributed by atoms with E-state index in [1.807, 2.05) is 0 Å². The van der Waals surface area contributed by atoms with Gasteiger partial charge in [0.2, 0.25) is 0 Å². The maximum Gasteiger partial charge on any atom is 0.272 e. The summed E-state index contributed by atoms with van der Waals surface area (Å²) in [6, 6.07) is 12.6. The molecule has 2 aromatic rings. The van der Waals surface area contributed by atoms with Gasteiger partial charge in [0.05, 0.1) is 21.2 Å². The molecule has 0 aliphatic rings. The van der Waals surface area contributed by atoms with Crippen molar-refractivity contribution >= 4 is 28.9 Å². The normalized spacial score (nSPS) is 11.1. The lowest BCUT2D eigenvalue weighted by Gasteiger charge is -2.04. The molecule has 0 heterocycles. The molecule has 7 heteroatoms. The molecule has 0 aliphatic carbocycles. The van der Waals surface area contributed by atoms with E-state index in [9.17, 15) is 14.9 Å². The fourth-order valence-electron chi connectivity index (χ4n) is 1.75. The second-order valence-corrected chi connectivity index (χ2v) is 4.83. The van der Waals surface area contributed by atoms with Crippen LogP contribution in [0.4, 0.5) is 5.69 Å². The summed E-state index contributed by atoms with van der Waals surface area (Å²) >= 11 is 5.92. The number of benzene rings is 2. The quantitative estimate of drug-likeness (QED) is 0.533. The molecule has 1 N–H and O–H groups in total. The number of hydrogen-bond donors (Lipinski definition) is 1. The molecule has 2 aromatic carbocycles. The maximum atomic E-state index is 12.0. The minimum atomic E-state index is -0.487. The Balaban J connectivity index is 2.16. The topological polar surface area (TPSA) is 84.6 Å². The Hall–Kier alpha value is -2.73. The number of carbonyl (C=O) groups excluding carboxylic acids is 1. The van der Waals surface area contributed by atoms with Gasteiger partial charge in [-0.05, 0) is 19.1 Å². The number of hydrazone groups is 1. The average molecular weight is 318 g/mol. The van der Waals surface area contributed by atoms with Crippen molar-refractivity contribution in [3.8, 4) is 0 Å². The summed E-state index contributed by atoms with van der Waals surface area (Å²) in [7, 11) is 0. The van der Waals surface area contributed by atoms with Crippen LogP contribution < -0.4 is 5.43 Å². The molecule has 0 unspecified atom stereocenters. The molecule has 0 radical (unpaired) electrons. The number of carbonyl (C=O) groups is 1. The van der Waals surface area contributed by atoms with Gasteiger partial charge in [-0.2, -0.15) is 5.10 Å². The largest absolute Gasteiger partial charge is 0.272 e. The van der Waals surface area contributed by atoms with Gasteiger partial charge in [-0.3, -0.25) is 14.9 Å². The smallest absolute Gasteiger partial charge is 0.267 e. The van der Waals surface area contributed by atoms with Crippen LogP contribution in [0.15, 0.2) is 53.6 Å². The highest BCUT2D eigenvalue weighted by Gasteiger charge is 2.10. The number of nitro benzene ring substituents is 1. The number of non-ortho nitro benzene ring substituents is 1. The molecule has 0 spiro atoms. The summed E-state index contributed by atoms with van der Waals surface area (Å²) in [6.45, 7) is 1.64. The summed E-state index contributed by atoms with van der Waals surface area (Å²) in [4.78, 5) is 22.2. The zero-order chi connectivity index (χ0) is 16.1. The van der Waals surface area contributed by atoms with Crippen LogP contribution in [-0.2, 0) is 0 Å². The molecule has 0 saturated carbocycles. The van der Waals surface area contributed by atoms with Gasteiger partial charge in [0, 0.05) is 17.7 Å². The predicted molar refractivity (Wildman–Crippen MR) is 84.2 cm³/mol. The van der Waals surface area contributed by atoms with E-state index in [1.165, 1.54) is 12.1 Å². The van der Waals surface area contributed by atoms with Crippen LogP contribution in [0.1, 0.15) is 22.8 Å². The Morgan fingerprint density at radius 3 is 2.64 bits per heavy atom. The second-order valence-electron chi connectivity index (χ2n) is 4.43. The lowest BCUT2D eigenvalue weighted by Crippen LogP contribution is -2.19. The number of nitrogens with one attached hydrogen (secondary N) is 1. The van der Waals surface area contributed by atoms with Gasteiger partial charge in [0.1, 0.15) is 0 Å². The van der Waals surface area contributed by atoms with Gasteiger partial charge in [-0.25, -0.2) is 5.43 Å². The molecule has 0 saturated heterocycles. The third-order valence-corrected chi connectivity index (χ3v) is 3.25. The van der Waals surface area contributed by atoms with Gasteiger partial charge in [0.15, 0.2) is 0 Å². The van der Waals surface area contributed by atoms with Crippen molar-refractivity contribution < 1.29 is 9.72 Å². The van der Waals surface area contributed by atoms with E-state index in [1.54, 1.807) is 43.3 Å². The number of rotatable bonds is 4. The number of amides is 1. The zero-order valence-corrected chi connectivity index (χ0v) is 12.4. The summed E-state index contributed by atoms with van der Waals surface area (Å²) in [5, 5.41) is 15.0. The number of nitro groups is 1. The summed E-state index contributed by atoms with van der Waals surface area (Å²) in [5.74, 6) is -0.449. The van der Waals surface area contributed by atoms with Crippen LogP contribution in [0, 0.1) is 10.1 Å². The van der Waals surface area contributed by atoms with Crippen molar-refractivity contribution in [1.82, 2.24) is 5.43 Å². The Morgan fingerprint density at radius 1 is 1.23 bits per heavy atom. The van der Waals surface area contributed by atoms with Crippen LogP contribution in [0.2, 0.25) is 5.02 Å². The first-order valence-corrected chi connectivity index (χ1v) is 6.71. The lowest BCUT2D eigenvalue weighted by molar-refractivity contribution is -0.384. The molecule has 0 aromatic heterocycles. The Kier molecular flexibility index (Phi) is 4.85. The van der Waals surface area contributed by atoms with Crippen molar-refractivity contribution in [2.75, 3.05) is 0 Å². The molecule has 1 amide bonds. The first-order chi connectivity index (χ1) is 10.5. The Labute approximate surface area is 131 Å². The fourth-order valence-corrected chi connectivity index (χ4v) is 1.97. The molecule has 112 valence electrons. The number of hydrogen-bond acceptors (Lipinski definition) is 4. The molecular weight excluding hydrogens is 306 g/mol. The van der Waals surface area contributed by atoms with Gasteiger partial charge in [-0.15, -0.1) is 0 Å². The van der Waals surface area contributed by atoms with Gasteiger partial charge in [0.25, 0.3) is 11.6 Å². The standard InChI is InChI=1S/C15H12ClN3O3/c1-10(11-5-4-6-12(9-11)19(21)22)17-18-15(20)13-7-2-3-8-14(13)16/h2-9H,1H3,(H,18,20). The molecule has 6 nitrogen and oxygen atoms in total. The van der Waals surface area contributed by atoms with Crippen molar-refractivity contribution in [3.05, 3.63) is 74.8 Å². The second kappa shape index (κ2) is 6.82. The van der Waals surface area contributed by atoms with Crippen LogP contribution in [-0.4, -0.2) is 16.5 Å². The van der Waals surface area contributed by atoms with E-state index in [2.05, 4.69) is 10.5 Å². The summed E-state index contributed by atoms with van der Waals surface area (Å²) in [6.07, 6.45) is 0. The fraction of sp³-hybridized carbons (Fsp3) is 0.0667. The van der Waals surface area contributed by atoms with Crippen LogP contribution >= 0.6 is 11.6 Å². The van der Waals surface area contributed by atoms with E-state index >= 15 is 0 Å². The first kappa shape index (κ1) is 15.7. The van der Waals surface area contributed by atoms with E-state index in [4.69, 9.17) is 11.6 Å². The van der Waals surface area contributed by atoms with Crippen LogP contribution in [0.25, 0.3) is 0 Å². The average Bonchev–Trinajstić information content (AvgIpc) is 2.52. The molecular formula is C15H12ClN3O3. The van der Waals surface area contributed by atoms with Crippen LogP contribution in [0.3, 0.4) is 0 Å². The summed E-state index contributed by atoms with van der Waals surface area (Å²) < 4.78 is 0. The van der Waals surface area contributed by atoms with Crippen molar-refractivity contribution in [1.29, 1.82) is 0 Å². The third-order valence-electron chi connectivity index (χ3n) is 2.92. The maximum absolute atomic E-state index is 12.0. The molecule has 22 heavy (non-hydrogen) atoms. The molecule has 0 atom stereocenters. The summed E-state index contributed by atoms with van der Waals surface area (Å²) in [5.41, 5.74) is 3.65. The van der Waals surface area contributed by atoms with Gasteiger partial charge >= 0.3 is 0 Å². The Bertz CT molecular complexity index is 759. The molecule has 0 aliphatic heterocycles. The van der Waals surface area contributed by atoms with Crippen molar-refractivity contribution in [3.63, 3.8) is 0 Å². The zero-order valence-electron chi connectivity index (χ0n) is 11.6. The minimum absolute atomic E-state index is 0.0375. The van der Waals surface area contributed by atoms with E-state index in [0.717, 1.165) is 0 Å². The number of halogens is 1. The van der Waals surface area contributed by atoms with E-state index < -0.39 is 10.8 Å². The van der Waals surface area contributed by atoms with Crippen molar-refractivity contribution in [2.24, 2.45) is 5.10 Å².